The van der Waals surface area contributed by atoms with Crippen LogP contribution in [0.25, 0.3) is 71.0 Å². The molecule has 0 aliphatic heterocycles. The van der Waals surface area contributed by atoms with Crippen molar-refractivity contribution < 1.29 is 0 Å². The third-order valence-electron chi connectivity index (χ3n) is 10.1. The zero-order valence-electron chi connectivity index (χ0n) is 29.3. The monoisotopic (exact) mass is 646 g/mol. The van der Waals surface area contributed by atoms with Crippen molar-refractivity contribution in [3.8, 4) is 28.6 Å². The predicted molar refractivity (Wildman–Crippen MR) is 209 cm³/mol. The van der Waals surface area contributed by atoms with E-state index in [4.69, 9.17) is 6.57 Å². The molecule has 0 amide bonds. The number of nitriles is 1. The Bertz CT molecular complexity index is 2660. The molecule has 0 atom stereocenters. The second-order valence-corrected chi connectivity index (χ2v) is 15.3. The van der Waals surface area contributed by atoms with Crippen LogP contribution in [0.5, 0.6) is 0 Å². The summed E-state index contributed by atoms with van der Waals surface area (Å²) in [5.74, 6) is 0. The molecule has 50 heavy (non-hydrogen) atoms. The maximum atomic E-state index is 9.74. The van der Waals surface area contributed by atoms with E-state index in [0.717, 1.165) is 55.3 Å². The highest BCUT2D eigenvalue weighted by atomic mass is 15.0. The maximum absolute atomic E-state index is 9.74. The molecule has 0 radical (unpaired) electrons. The molecule has 0 unspecified atom stereocenters. The number of benzene rings is 6. The Morgan fingerprint density at radius 1 is 0.540 bits per heavy atom. The summed E-state index contributed by atoms with van der Waals surface area (Å²) >= 11 is 0. The number of fused-ring (bicyclic) bond motifs is 6. The molecule has 4 nitrogen and oxygen atoms in total. The molecule has 0 spiro atoms. The van der Waals surface area contributed by atoms with Crippen LogP contribution in [-0.4, -0.2) is 9.13 Å². The van der Waals surface area contributed by atoms with Gasteiger partial charge in [0, 0.05) is 32.8 Å². The lowest BCUT2D eigenvalue weighted by molar-refractivity contribution is 0.590. The van der Waals surface area contributed by atoms with Crippen LogP contribution in [0.4, 0.5) is 5.69 Å². The smallest absolute Gasteiger partial charge is 0.196 e. The van der Waals surface area contributed by atoms with Crippen LogP contribution >= 0.6 is 0 Å². The molecule has 8 rings (SSSR count). The molecule has 2 heterocycles. The fourth-order valence-corrected chi connectivity index (χ4v) is 7.40. The molecule has 0 bridgehead atoms. The first-order valence-corrected chi connectivity index (χ1v) is 17.1. The minimum absolute atomic E-state index is 0.0133. The summed E-state index contributed by atoms with van der Waals surface area (Å²) in [4.78, 5) is 3.97. The van der Waals surface area contributed by atoms with Crippen molar-refractivity contribution in [2.75, 3.05) is 0 Å². The standard InChI is InChI=1S/C46H38N4/c1-45(2,3)30-18-21-41-35(24-30)36-25-31(46(4,5)6)19-22-42(36)50(41)44-27-38-34-15-11-12-16-40(34)49(32-13-9-8-10-14-32)43(38)26-37(44)33-20-17-29(28-47)23-39(33)48-7/h8-27H,1-6H3. The maximum Gasteiger partial charge on any atom is 0.196 e. The molecule has 6 aromatic carbocycles. The third-order valence-corrected chi connectivity index (χ3v) is 10.1. The first kappa shape index (κ1) is 31.2. The fourth-order valence-electron chi connectivity index (χ4n) is 7.40. The zero-order valence-corrected chi connectivity index (χ0v) is 29.3. The lowest BCUT2D eigenvalue weighted by Crippen LogP contribution is -2.10. The van der Waals surface area contributed by atoms with Crippen molar-refractivity contribution in [2.24, 2.45) is 0 Å². The SMILES string of the molecule is [C-]#[N+]c1cc(C#N)ccc1-c1cc2c(cc1-n1c3ccc(C(C)(C)C)cc3c3cc(C(C)(C)C)ccc31)c1ccccc1n2-c1ccccc1. The summed E-state index contributed by atoms with van der Waals surface area (Å²) in [6, 6.07) is 45.1. The lowest BCUT2D eigenvalue weighted by atomic mass is 9.85. The van der Waals surface area contributed by atoms with Crippen LogP contribution < -0.4 is 0 Å². The Morgan fingerprint density at radius 3 is 1.72 bits per heavy atom. The summed E-state index contributed by atoms with van der Waals surface area (Å²) in [7, 11) is 0. The van der Waals surface area contributed by atoms with E-state index in [1.807, 2.05) is 18.2 Å². The average molecular weight is 647 g/mol. The zero-order chi connectivity index (χ0) is 34.9. The van der Waals surface area contributed by atoms with E-state index in [-0.39, 0.29) is 10.8 Å². The van der Waals surface area contributed by atoms with E-state index in [0.29, 0.717) is 11.3 Å². The largest absolute Gasteiger partial charge is 0.309 e. The van der Waals surface area contributed by atoms with Crippen molar-refractivity contribution in [1.82, 2.24) is 9.13 Å². The predicted octanol–water partition coefficient (Wildman–Crippen LogP) is 12.6. The Labute approximate surface area is 293 Å². The van der Waals surface area contributed by atoms with Gasteiger partial charge in [-0.15, -0.1) is 0 Å². The van der Waals surface area contributed by atoms with Gasteiger partial charge in [0.15, 0.2) is 5.69 Å². The molecule has 8 aromatic rings. The topological polar surface area (TPSA) is 38.0 Å². The van der Waals surface area contributed by atoms with E-state index in [1.54, 1.807) is 6.07 Å². The van der Waals surface area contributed by atoms with E-state index < -0.39 is 0 Å². The summed E-state index contributed by atoms with van der Waals surface area (Å²) in [5, 5.41) is 14.5. The molecule has 0 saturated carbocycles. The molecular weight excluding hydrogens is 609 g/mol. The minimum atomic E-state index is -0.0133. The highest BCUT2D eigenvalue weighted by Gasteiger charge is 2.24. The van der Waals surface area contributed by atoms with Crippen molar-refractivity contribution in [3.63, 3.8) is 0 Å². The number of para-hydroxylation sites is 2. The van der Waals surface area contributed by atoms with Gasteiger partial charge in [-0.3, -0.25) is 0 Å². The van der Waals surface area contributed by atoms with Gasteiger partial charge < -0.3 is 9.13 Å². The van der Waals surface area contributed by atoms with Crippen LogP contribution in [0.3, 0.4) is 0 Å². The fraction of sp³-hybridized carbons (Fsp3) is 0.174. The number of rotatable bonds is 3. The Balaban J connectivity index is 1.57. The normalized spacial score (nSPS) is 12.2. The van der Waals surface area contributed by atoms with Gasteiger partial charge in [0.25, 0.3) is 0 Å². The summed E-state index contributed by atoms with van der Waals surface area (Å²) in [6.45, 7) is 21.8. The van der Waals surface area contributed by atoms with Gasteiger partial charge in [0.1, 0.15) is 0 Å². The van der Waals surface area contributed by atoms with Gasteiger partial charge in [-0.25, -0.2) is 4.85 Å². The number of aromatic nitrogens is 2. The van der Waals surface area contributed by atoms with E-state index in [9.17, 15) is 5.26 Å². The number of nitrogens with zero attached hydrogens (tertiary/aromatic N) is 4. The van der Waals surface area contributed by atoms with Crippen LogP contribution in [0, 0.1) is 17.9 Å². The highest BCUT2D eigenvalue weighted by Crippen LogP contribution is 2.45. The van der Waals surface area contributed by atoms with Crippen molar-refractivity contribution in [3.05, 3.63) is 149 Å². The molecule has 0 N–H and O–H groups in total. The molecule has 242 valence electrons. The average Bonchev–Trinajstić information content (AvgIpc) is 3.62. The lowest BCUT2D eigenvalue weighted by Gasteiger charge is -2.20. The molecule has 0 fully saturated rings. The van der Waals surface area contributed by atoms with Crippen molar-refractivity contribution in [2.45, 2.75) is 52.4 Å². The molecule has 4 heteroatoms. The Hall–Kier alpha value is -6.10. The Morgan fingerprint density at radius 2 is 1.12 bits per heavy atom. The van der Waals surface area contributed by atoms with E-state index in [1.165, 1.54) is 21.9 Å². The quantitative estimate of drug-likeness (QED) is 0.176. The molecule has 0 aliphatic carbocycles. The molecular formula is C46H38N4. The second-order valence-electron chi connectivity index (χ2n) is 15.3. The van der Waals surface area contributed by atoms with Gasteiger partial charge in [0.05, 0.1) is 40.4 Å². The van der Waals surface area contributed by atoms with Gasteiger partial charge in [-0.05, 0) is 99.8 Å². The van der Waals surface area contributed by atoms with Crippen molar-refractivity contribution >= 4 is 49.3 Å². The van der Waals surface area contributed by atoms with Crippen LogP contribution in [-0.2, 0) is 10.8 Å². The molecule has 0 aliphatic rings. The van der Waals surface area contributed by atoms with Gasteiger partial charge in [-0.2, -0.15) is 5.26 Å². The summed E-state index contributed by atoms with van der Waals surface area (Å²) in [6.07, 6.45) is 0. The van der Waals surface area contributed by atoms with Crippen molar-refractivity contribution in [1.29, 1.82) is 5.26 Å². The summed E-state index contributed by atoms with van der Waals surface area (Å²) in [5.41, 5.74) is 11.7. The van der Waals surface area contributed by atoms with Gasteiger partial charge in [0.2, 0.25) is 0 Å². The molecule has 2 aromatic heterocycles. The molecule has 0 saturated heterocycles. The van der Waals surface area contributed by atoms with Crippen LogP contribution in [0.2, 0.25) is 0 Å². The number of hydrogen-bond donors (Lipinski definition) is 0. The first-order valence-electron chi connectivity index (χ1n) is 17.1. The highest BCUT2D eigenvalue weighted by molar-refractivity contribution is 6.14. The summed E-state index contributed by atoms with van der Waals surface area (Å²) < 4.78 is 4.70. The first-order chi connectivity index (χ1) is 24.0. The second kappa shape index (κ2) is 11.2. The van der Waals surface area contributed by atoms with Gasteiger partial charge in [-0.1, -0.05) is 96.1 Å². The third kappa shape index (κ3) is 4.88. The van der Waals surface area contributed by atoms with Crippen LogP contribution in [0.15, 0.2) is 121 Å². The van der Waals surface area contributed by atoms with E-state index in [2.05, 4.69) is 159 Å². The van der Waals surface area contributed by atoms with Gasteiger partial charge >= 0.3 is 0 Å². The minimum Gasteiger partial charge on any atom is -0.309 e. The number of hydrogen-bond acceptors (Lipinski definition) is 1. The Kier molecular flexibility index (Phi) is 7.00. The van der Waals surface area contributed by atoms with Crippen LogP contribution in [0.1, 0.15) is 58.2 Å². The van der Waals surface area contributed by atoms with E-state index >= 15 is 0 Å².